The topological polar surface area (TPSA) is 96.6 Å². The Morgan fingerprint density at radius 3 is 2.74 bits per heavy atom. The number of benzene rings is 1. The fourth-order valence-corrected chi connectivity index (χ4v) is 4.30. The second kappa shape index (κ2) is 9.78. The first-order valence-corrected chi connectivity index (χ1v) is 11.5. The molecule has 1 aliphatic heterocycles. The van der Waals surface area contributed by atoms with Crippen molar-refractivity contribution in [2.24, 2.45) is 0 Å². The van der Waals surface area contributed by atoms with E-state index < -0.39 is 0 Å². The van der Waals surface area contributed by atoms with Crippen LogP contribution < -0.4 is 21.2 Å². The first-order chi connectivity index (χ1) is 16.7. The molecule has 2 N–H and O–H groups in total. The van der Waals surface area contributed by atoms with Crippen molar-refractivity contribution in [1.82, 2.24) is 24.5 Å². The van der Waals surface area contributed by atoms with Gasteiger partial charge in [0.25, 0.3) is 0 Å². The SMILES string of the molecule is O=C(NCc1cccnc1N1CCCCC1)Nc1cccc(Cn2nc3ccccn3c2=O)c1. The zero-order valence-corrected chi connectivity index (χ0v) is 18.9. The molecule has 0 bridgehead atoms. The van der Waals surface area contributed by atoms with Crippen LogP contribution in [-0.2, 0) is 13.1 Å². The van der Waals surface area contributed by atoms with Crippen LogP contribution in [0.2, 0.25) is 0 Å². The molecule has 1 aromatic carbocycles. The second-order valence-electron chi connectivity index (χ2n) is 8.41. The molecule has 0 spiro atoms. The second-order valence-corrected chi connectivity index (χ2v) is 8.41. The maximum atomic E-state index is 12.6. The summed E-state index contributed by atoms with van der Waals surface area (Å²) in [6.07, 6.45) is 7.09. The van der Waals surface area contributed by atoms with Crippen LogP contribution in [0, 0.1) is 0 Å². The van der Waals surface area contributed by atoms with Gasteiger partial charge < -0.3 is 15.5 Å². The van der Waals surface area contributed by atoms with Crippen molar-refractivity contribution in [3.05, 3.63) is 88.6 Å². The van der Waals surface area contributed by atoms with Gasteiger partial charge in [-0.25, -0.2) is 19.3 Å². The number of pyridine rings is 2. The van der Waals surface area contributed by atoms with E-state index in [4.69, 9.17) is 0 Å². The molecule has 174 valence electrons. The Morgan fingerprint density at radius 2 is 1.88 bits per heavy atom. The zero-order chi connectivity index (χ0) is 23.3. The van der Waals surface area contributed by atoms with Gasteiger partial charge in [-0.05, 0) is 55.2 Å². The molecule has 0 atom stereocenters. The highest BCUT2D eigenvalue weighted by Crippen LogP contribution is 2.21. The first-order valence-electron chi connectivity index (χ1n) is 11.5. The van der Waals surface area contributed by atoms with Gasteiger partial charge in [0.1, 0.15) is 5.82 Å². The van der Waals surface area contributed by atoms with Crippen LogP contribution in [0.25, 0.3) is 5.65 Å². The van der Waals surface area contributed by atoms with Crippen molar-refractivity contribution < 1.29 is 4.79 Å². The predicted octanol–water partition coefficient (Wildman–Crippen LogP) is 3.25. The Bertz CT molecular complexity index is 1350. The highest BCUT2D eigenvalue weighted by molar-refractivity contribution is 5.89. The van der Waals surface area contributed by atoms with Crippen LogP contribution in [-0.4, -0.2) is 38.3 Å². The lowest BCUT2D eigenvalue weighted by atomic mass is 10.1. The number of fused-ring (bicyclic) bond motifs is 1. The number of nitrogens with zero attached hydrogens (tertiary/aromatic N) is 5. The van der Waals surface area contributed by atoms with Gasteiger partial charge in [0.15, 0.2) is 5.65 Å². The van der Waals surface area contributed by atoms with Crippen molar-refractivity contribution in [1.29, 1.82) is 0 Å². The number of carbonyl (C=O) groups is 1. The summed E-state index contributed by atoms with van der Waals surface area (Å²) in [4.78, 5) is 32.0. The summed E-state index contributed by atoms with van der Waals surface area (Å²) in [7, 11) is 0. The summed E-state index contributed by atoms with van der Waals surface area (Å²) in [6.45, 7) is 2.70. The summed E-state index contributed by atoms with van der Waals surface area (Å²) in [6, 6.07) is 16.5. The molecule has 4 heterocycles. The Labute approximate surface area is 197 Å². The number of rotatable bonds is 6. The number of amides is 2. The molecular formula is C25H27N7O2. The minimum absolute atomic E-state index is 0.201. The molecule has 0 radical (unpaired) electrons. The Hall–Kier alpha value is -4.14. The average Bonchev–Trinajstić information content (AvgIpc) is 3.19. The van der Waals surface area contributed by atoms with E-state index in [1.54, 1.807) is 24.5 Å². The molecule has 1 saturated heterocycles. The quantitative estimate of drug-likeness (QED) is 0.463. The number of carbonyl (C=O) groups excluding carboxylic acids is 1. The van der Waals surface area contributed by atoms with Crippen LogP contribution in [0.15, 0.2) is 71.8 Å². The van der Waals surface area contributed by atoms with Gasteiger partial charge in [0, 0.05) is 43.3 Å². The lowest BCUT2D eigenvalue weighted by molar-refractivity contribution is 0.251. The van der Waals surface area contributed by atoms with Crippen molar-refractivity contribution in [3.63, 3.8) is 0 Å². The summed E-state index contributed by atoms with van der Waals surface area (Å²) in [5.41, 5.74) is 2.91. The van der Waals surface area contributed by atoms with E-state index in [-0.39, 0.29) is 11.7 Å². The van der Waals surface area contributed by atoms with Gasteiger partial charge in [-0.1, -0.05) is 24.3 Å². The summed E-state index contributed by atoms with van der Waals surface area (Å²) in [5, 5.41) is 10.2. The number of urea groups is 1. The summed E-state index contributed by atoms with van der Waals surface area (Å²) < 4.78 is 2.92. The third kappa shape index (κ3) is 4.78. The van der Waals surface area contributed by atoms with Gasteiger partial charge in [-0.2, -0.15) is 0 Å². The van der Waals surface area contributed by atoms with E-state index in [1.165, 1.54) is 28.3 Å². The molecule has 9 heteroatoms. The highest BCUT2D eigenvalue weighted by Gasteiger charge is 2.16. The first kappa shape index (κ1) is 21.7. The maximum absolute atomic E-state index is 12.6. The van der Waals surface area contributed by atoms with E-state index in [1.807, 2.05) is 42.5 Å². The van der Waals surface area contributed by atoms with E-state index >= 15 is 0 Å². The Kier molecular flexibility index (Phi) is 6.24. The molecule has 3 aromatic heterocycles. The molecule has 5 rings (SSSR count). The number of hydrogen-bond acceptors (Lipinski definition) is 5. The highest BCUT2D eigenvalue weighted by atomic mass is 16.2. The van der Waals surface area contributed by atoms with E-state index in [2.05, 4.69) is 25.6 Å². The van der Waals surface area contributed by atoms with Crippen molar-refractivity contribution in [2.45, 2.75) is 32.4 Å². The van der Waals surface area contributed by atoms with E-state index in [0.29, 0.717) is 24.4 Å². The lowest BCUT2D eigenvalue weighted by Crippen LogP contribution is -2.33. The number of aromatic nitrogens is 4. The number of nitrogens with one attached hydrogen (secondary N) is 2. The summed E-state index contributed by atoms with van der Waals surface area (Å²) >= 11 is 0. The van der Waals surface area contributed by atoms with E-state index in [9.17, 15) is 9.59 Å². The maximum Gasteiger partial charge on any atom is 0.350 e. The molecule has 4 aromatic rings. The average molecular weight is 458 g/mol. The Balaban J connectivity index is 1.22. The van der Waals surface area contributed by atoms with Crippen molar-refractivity contribution >= 4 is 23.2 Å². The van der Waals surface area contributed by atoms with Gasteiger partial charge in [-0.3, -0.25) is 4.40 Å². The fourth-order valence-electron chi connectivity index (χ4n) is 4.30. The standard InChI is InChI=1S/C25H27N7O2/c33-24(27-17-20-9-7-12-26-23(20)30-13-3-1-4-14-30)28-21-10-6-8-19(16-21)18-32-25(34)31-15-5-2-11-22(31)29-32/h2,5-12,15-16H,1,3-4,13-14,17-18H2,(H2,27,28,33). The molecule has 2 amide bonds. The van der Waals surface area contributed by atoms with Crippen LogP contribution in [0.3, 0.4) is 0 Å². The monoisotopic (exact) mass is 457 g/mol. The predicted molar refractivity (Wildman–Crippen MR) is 131 cm³/mol. The third-order valence-corrected chi connectivity index (χ3v) is 5.97. The zero-order valence-electron chi connectivity index (χ0n) is 18.9. The van der Waals surface area contributed by atoms with Crippen molar-refractivity contribution in [2.75, 3.05) is 23.3 Å². The van der Waals surface area contributed by atoms with Crippen LogP contribution in [0.1, 0.15) is 30.4 Å². The van der Waals surface area contributed by atoms with Crippen molar-refractivity contribution in [3.8, 4) is 0 Å². The van der Waals surface area contributed by atoms with Gasteiger partial charge in [0.2, 0.25) is 0 Å². The fraction of sp³-hybridized carbons (Fsp3) is 0.280. The largest absolute Gasteiger partial charge is 0.356 e. The van der Waals surface area contributed by atoms with Crippen LogP contribution >= 0.6 is 0 Å². The molecular weight excluding hydrogens is 430 g/mol. The van der Waals surface area contributed by atoms with Crippen LogP contribution in [0.4, 0.5) is 16.3 Å². The Morgan fingerprint density at radius 1 is 1.00 bits per heavy atom. The normalized spacial score (nSPS) is 13.7. The lowest BCUT2D eigenvalue weighted by Gasteiger charge is -2.29. The minimum Gasteiger partial charge on any atom is -0.356 e. The molecule has 1 aliphatic rings. The number of anilines is 2. The third-order valence-electron chi connectivity index (χ3n) is 5.97. The molecule has 0 unspecified atom stereocenters. The van der Waals surface area contributed by atoms with Gasteiger partial charge in [-0.15, -0.1) is 5.10 Å². The number of hydrogen-bond donors (Lipinski definition) is 2. The van der Waals surface area contributed by atoms with E-state index in [0.717, 1.165) is 30.0 Å². The van der Waals surface area contributed by atoms with Crippen LogP contribution in [0.5, 0.6) is 0 Å². The van der Waals surface area contributed by atoms with Gasteiger partial charge >= 0.3 is 11.7 Å². The molecule has 9 nitrogen and oxygen atoms in total. The molecule has 1 fully saturated rings. The van der Waals surface area contributed by atoms with Gasteiger partial charge in [0.05, 0.1) is 6.54 Å². The molecule has 0 aliphatic carbocycles. The molecule has 34 heavy (non-hydrogen) atoms. The minimum atomic E-state index is -0.296. The molecule has 0 saturated carbocycles. The smallest absolute Gasteiger partial charge is 0.350 e. The number of piperidine rings is 1. The summed E-state index contributed by atoms with van der Waals surface area (Å²) in [5.74, 6) is 0.947.